The van der Waals surface area contributed by atoms with Crippen molar-refractivity contribution in [3.8, 4) is 28.5 Å². The molecule has 0 bridgehead atoms. The monoisotopic (exact) mass is 312 g/mol. The summed E-state index contributed by atoms with van der Waals surface area (Å²) in [6.07, 6.45) is 3.42. The van der Waals surface area contributed by atoms with Crippen LogP contribution in [0.5, 0.6) is 0 Å². The Labute approximate surface area is 137 Å². The molecule has 0 aliphatic carbocycles. The number of hydrogen-bond donors (Lipinski definition) is 1. The molecule has 5 nitrogen and oxygen atoms in total. The Bertz CT molecular complexity index is 1150. The summed E-state index contributed by atoms with van der Waals surface area (Å²) in [5, 5.41) is 9.30. The highest BCUT2D eigenvalue weighted by atomic mass is 16.1. The minimum absolute atomic E-state index is 0.184. The van der Waals surface area contributed by atoms with Crippen molar-refractivity contribution in [3.63, 3.8) is 0 Å². The maximum absolute atomic E-state index is 11.4. The van der Waals surface area contributed by atoms with Gasteiger partial charge < -0.3 is 0 Å². The topological polar surface area (TPSA) is 73.9 Å². The van der Waals surface area contributed by atoms with Crippen molar-refractivity contribution in [2.75, 3.05) is 0 Å². The summed E-state index contributed by atoms with van der Waals surface area (Å²) in [6.45, 7) is 0. The first kappa shape index (κ1) is 14.0. The maximum atomic E-state index is 11.4. The van der Waals surface area contributed by atoms with E-state index in [1.165, 1.54) is 6.07 Å². The van der Waals surface area contributed by atoms with Crippen molar-refractivity contribution in [1.82, 2.24) is 14.4 Å². The van der Waals surface area contributed by atoms with Crippen LogP contribution in [-0.2, 0) is 0 Å². The van der Waals surface area contributed by atoms with E-state index < -0.39 is 0 Å². The van der Waals surface area contributed by atoms with Crippen LogP contribution >= 0.6 is 0 Å². The molecule has 0 aliphatic heterocycles. The normalized spacial score (nSPS) is 10.6. The molecule has 2 heterocycles. The van der Waals surface area contributed by atoms with E-state index in [4.69, 9.17) is 0 Å². The van der Waals surface area contributed by atoms with E-state index in [-0.39, 0.29) is 5.56 Å². The Balaban J connectivity index is 1.89. The summed E-state index contributed by atoms with van der Waals surface area (Å²) in [5.41, 5.74) is 4.14. The quantitative estimate of drug-likeness (QED) is 0.617. The molecule has 114 valence electrons. The zero-order chi connectivity index (χ0) is 16.5. The Hall–Kier alpha value is -3.65. The van der Waals surface area contributed by atoms with E-state index >= 15 is 0 Å². The average Bonchev–Trinajstić information content (AvgIpc) is 3.04. The van der Waals surface area contributed by atoms with Gasteiger partial charge in [-0.2, -0.15) is 5.26 Å². The number of rotatable bonds is 2. The Kier molecular flexibility index (Phi) is 3.22. The van der Waals surface area contributed by atoms with Gasteiger partial charge in [0, 0.05) is 17.8 Å². The zero-order valence-corrected chi connectivity index (χ0v) is 12.6. The molecule has 0 aliphatic rings. The van der Waals surface area contributed by atoms with Crippen LogP contribution in [0.15, 0.2) is 71.8 Å². The molecule has 0 radical (unpaired) electrons. The van der Waals surface area contributed by atoms with Crippen LogP contribution in [0.4, 0.5) is 0 Å². The van der Waals surface area contributed by atoms with Crippen molar-refractivity contribution in [1.29, 1.82) is 5.26 Å². The first-order chi connectivity index (χ1) is 11.8. The summed E-state index contributed by atoms with van der Waals surface area (Å²) in [4.78, 5) is 18.3. The number of imidazole rings is 1. The lowest BCUT2D eigenvalue weighted by Crippen LogP contribution is -2.06. The van der Waals surface area contributed by atoms with Crippen molar-refractivity contribution in [3.05, 3.63) is 82.9 Å². The molecule has 0 amide bonds. The number of nitrogens with zero attached hydrogens (tertiary/aromatic N) is 3. The van der Waals surface area contributed by atoms with Crippen LogP contribution in [0.25, 0.3) is 28.2 Å². The Morgan fingerprint density at radius 3 is 2.75 bits per heavy atom. The molecule has 0 spiro atoms. The standard InChI is InChI=1S/C19H12N4O/c20-11-15-4-1-2-7-16(15)13-5-3-6-14(10-13)17-12-21-19-22-18(24)8-9-23(17)19/h1-10,12H,(H,21,22,24). The maximum Gasteiger partial charge on any atom is 0.252 e. The van der Waals surface area contributed by atoms with E-state index in [9.17, 15) is 10.1 Å². The molecule has 0 saturated carbocycles. The number of nitrogens with one attached hydrogen (secondary N) is 1. The summed E-state index contributed by atoms with van der Waals surface area (Å²) >= 11 is 0. The van der Waals surface area contributed by atoms with Gasteiger partial charge in [0.2, 0.25) is 5.78 Å². The molecule has 0 unspecified atom stereocenters. The highest BCUT2D eigenvalue weighted by Gasteiger charge is 2.09. The number of aromatic nitrogens is 3. The number of aromatic amines is 1. The lowest BCUT2D eigenvalue weighted by molar-refractivity contribution is 1.08. The van der Waals surface area contributed by atoms with E-state index in [1.54, 1.807) is 18.5 Å². The lowest BCUT2D eigenvalue weighted by Gasteiger charge is -2.07. The molecule has 1 N–H and O–H groups in total. The van der Waals surface area contributed by atoms with E-state index in [0.29, 0.717) is 11.3 Å². The molecule has 4 aromatic rings. The summed E-state index contributed by atoms with van der Waals surface area (Å²) in [7, 11) is 0. The molecule has 0 atom stereocenters. The number of H-pyrrole nitrogens is 1. The molecule has 4 rings (SSSR count). The molecule has 5 heteroatoms. The third-order valence-corrected chi connectivity index (χ3v) is 3.92. The fourth-order valence-electron chi connectivity index (χ4n) is 2.79. The molecule has 24 heavy (non-hydrogen) atoms. The number of benzene rings is 2. The third-order valence-electron chi connectivity index (χ3n) is 3.92. The Morgan fingerprint density at radius 2 is 1.88 bits per heavy atom. The lowest BCUT2D eigenvalue weighted by atomic mass is 9.98. The van der Waals surface area contributed by atoms with E-state index in [2.05, 4.69) is 16.0 Å². The van der Waals surface area contributed by atoms with Gasteiger partial charge in [-0.15, -0.1) is 0 Å². The largest absolute Gasteiger partial charge is 0.292 e. The summed E-state index contributed by atoms with van der Waals surface area (Å²) < 4.78 is 1.83. The fourth-order valence-corrected chi connectivity index (χ4v) is 2.79. The van der Waals surface area contributed by atoms with Crippen LogP contribution in [0, 0.1) is 11.3 Å². The number of fused-ring (bicyclic) bond motifs is 1. The molecular weight excluding hydrogens is 300 g/mol. The van der Waals surface area contributed by atoms with Crippen molar-refractivity contribution < 1.29 is 0 Å². The van der Waals surface area contributed by atoms with Crippen LogP contribution in [-0.4, -0.2) is 14.4 Å². The van der Waals surface area contributed by atoms with Gasteiger partial charge >= 0.3 is 0 Å². The predicted molar refractivity (Wildman–Crippen MR) is 91.4 cm³/mol. The molecule has 0 fully saturated rings. The van der Waals surface area contributed by atoms with Gasteiger partial charge in [0.1, 0.15) is 0 Å². The summed E-state index contributed by atoms with van der Waals surface area (Å²) in [5.74, 6) is 0.500. The number of hydrogen-bond acceptors (Lipinski definition) is 3. The van der Waals surface area contributed by atoms with E-state index in [1.807, 2.05) is 46.9 Å². The number of nitriles is 1. The van der Waals surface area contributed by atoms with Gasteiger partial charge in [0.15, 0.2) is 0 Å². The van der Waals surface area contributed by atoms with Gasteiger partial charge in [0.05, 0.1) is 23.5 Å². The second kappa shape index (κ2) is 5.52. The molecule has 2 aromatic carbocycles. The highest BCUT2D eigenvalue weighted by Crippen LogP contribution is 2.28. The molecular formula is C19H12N4O. The average molecular weight is 312 g/mol. The SMILES string of the molecule is N#Cc1ccccc1-c1cccc(-c2cnc3[nH]c(=O)ccn23)c1. The van der Waals surface area contributed by atoms with Gasteiger partial charge in [0.25, 0.3) is 5.56 Å². The Morgan fingerprint density at radius 1 is 1.04 bits per heavy atom. The first-order valence-corrected chi connectivity index (χ1v) is 7.42. The van der Waals surface area contributed by atoms with Crippen molar-refractivity contribution in [2.24, 2.45) is 0 Å². The van der Waals surface area contributed by atoms with Crippen molar-refractivity contribution >= 4 is 5.78 Å². The van der Waals surface area contributed by atoms with Crippen LogP contribution in [0.2, 0.25) is 0 Å². The zero-order valence-electron chi connectivity index (χ0n) is 12.6. The van der Waals surface area contributed by atoms with Gasteiger partial charge in [-0.3, -0.25) is 14.2 Å². The minimum Gasteiger partial charge on any atom is -0.292 e. The second-order valence-corrected chi connectivity index (χ2v) is 5.38. The highest BCUT2D eigenvalue weighted by molar-refractivity contribution is 5.75. The predicted octanol–water partition coefficient (Wildman–Crippen LogP) is 3.23. The smallest absolute Gasteiger partial charge is 0.252 e. The van der Waals surface area contributed by atoms with Gasteiger partial charge in [-0.1, -0.05) is 36.4 Å². The molecule has 0 saturated heterocycles. The second-order valence-electron chi connectivity index (χ2n) is 5.38. The van der Waals surface area contributed by atoms with Gasteiger partial charge in [-0.05, 0) is 23.3 Å². The van der Waals surface area contributed by atoms with Gasteiger partial charge in [-0.25, -0.2) is 4.98 Å². The molecule has 2 aromatic heterocycles. The van der Waals surface area contributed by atoms with Crippen LogP contribution in [0.3, 0.4) is 0 Å². The van der Waals surface area contributed by atoms with Crippen LogP contribution < -0.4 is 5.56 Å². The van der Waals surface area contributed by atoms with Crippen molar-refractivity contribution in [2.45, 2.75) is 0 Å². The minimum atomic E-state index is -0.184. The first-order valence-electron chi connectivity index (χ1n) is 7.42. The van der Waals surface area contributed by atoms with E-state index in [0.717, 1.165) is 22.4 Å². The van der Waals surface area contributed by atoms with Crippen LogP contribution in [0.1, 0.15) is 5.56 Å². The summed E-state index contributed by atoms with van der Waals surface area (Å²) in [6, 6.07) is 19.1. The third kappa shape index (κ3) is 2.27. The fraction of sp³-hybridized carbons (Fsp3) is 0.